The first-order valence-corrected chi connectivity index (χ1v) is 8.80. The molecule has 1 aliphatic carbocycles. The third-order valence-corrected chi connectivity index (χ3v) is 5.06. The van der Waals surface area contributed by atoms with Crippen molar-refractivity contribution < 1.29 is 4.74 Å². The van der Waals surface area contributed by atoms with E-state index in [1.807, 2.05) is 18.2 Å². The molecule has 3 heterocycles. The molecule has 5 nitrogen and oxygen atoms in total. The predicted molar refractivity (Wildman–Crippen MR) is 101 cm³/mol. The summed E-state index contributed by atoms with van der Waals surface area (Å²) in [5.74, 6) is 0.763. The minimum absolute atomic E-state index is 0.763. The Balaban J connectivity index is 1.76. The zero-order valence-corrected chi connectivity index (χ0v) is 14.5. The van der Waals surface area contributed by atoms with Crippen LogP contribution in [0, 0.1) is 0 Å². The average molecular weight is 342 g/mol. The molecule has 1 N–H and O–H groups in total. The van der Waals surface area contributed by atoms with Crippen LogP contribution in [-0.2, 0) is 12.8 Å². The summed E-state index contributed by atoms with van der Waals surface area (Å²) in [7, 11) is 1.69. The van der Waals surface area contributed by atoms with Crippen molar-refractivity contribution in [3.8, 4) is 28.3 Å². The first-order valence-electron chi connectivity index (χ1n) is 8.80. The number of fused-ring (bicyclic) bond motifs is 2. The van der Waals surface area contributed by atoms with Crippen LogP contribution in [0.25, 0.3) is 33.5 Å². The fourth-order valence-corrected chi connectivity index (χ4v) is 3.82. The minimum atomic E-state index is 0.763. The normalized spacial score (nSPS) is 13.1. The van der Waals surface area contributed by atoms with Gasteiger partial charge in [-0.25, -0.2) is 4.98 Å². The van der Waals surface area contributed by atoms with Gasteiger partial charge in [0.05, 0.1) is 12.6 Å². The van der Waals surface area contributed by atoms with Crippen LogP contribution in [0.3, 0.4) is 0 Å². The molecular formula is C21H18N4O. The lowest BCUT2D eigenvalue weighted by atomic mass is 9.99. The fourth-order valence-electron chi connectivity index (χ4n) is 3.82. The molecule has 0 bridgehead atoms. The van der Waals surface area contributed by atoms with Gasteiger partial charge in [-0.2, -0.15) is 5.10 Å². The van der Waals surface area contributed by atoms with Crippen LogP contribution in [0.2, 0.25) is 0 Å². The maximum absolute atomic E-state index is 5.66. The Kier molecular flexibility index (Phi) is 3.45. The molecule has 3 aromatic heterocycles. The molecule has 128 valence electrons. The Morgan fingerprint density at radius 2 is 2.04 bits per heavy atom. The van der Waals surface area contributed by atoms with Crippen LogP contribution >= 0.6 is 0 Å². The number of pyridine rings is 2. The van der Waals surface area contributed by atoms with Gasteiger partial charge in [-0.1, -0.05) is 18.2 Å². The first kappa shape index (κ1) is 15.1. The number of methoxy groups -OCH3 is 1. The van der Waals surface area contributed by atoms with Crippen molar-refractivity contribution in [2.45, 2.75) is 19.3 Å². The number of benzene rings is 1. The lowest BCUT2D eigenvalue weighted by Crippen LogP contribution is -1.96. The van der Waals surface area contributed by atoms with Crippen molar-refractivity contribution in [1.82, 2.24) is 20.2 Å². The van der Waals surface area contributed by atoms with Crippen molar-refractivity contribution in [3.05, 3.63) is 59.9 Å². The van der Waals surface area contributed by atoms with Gasteiger partial charge in [0.15, 0.2) is 0 Å². The van der Waals surface area contributed by atoms with E-state index >= 15 is 0 Å². The van der Waals surface area contributed by atoms with E-state index in [9.17, 15) is 0 Å². The first-order chi connectivity index (χ1) is 12.8. The van der Waals surface area contributed by atoms with Gasteiger partial charge in [0.25, 0.3) is 0 Å². The van der Waals surface area contributed by atoms with Crippen molar-refractivity contribution in [2.75, 3.05) is 7.11 Å². The molecule has 0 fully saturated rings. The van der Waals surface area contributed by atoms with Crippen molar-refractivity contribution in [3.63, 3.8) is 0 Å². The molecule has 0 radical (unpaired) electrons. The minimum Gasteiger partial charge on any atom is -0.494 e. The molecule has 4 aromatic rings. The quantitative estimate of drug-likeness (QED) is 0.606. The molecule has 0 saturated carbocycles. The molecule has 26 heavy (non-hydrogen) atoms. The maximum atomic E-state index is 5.66. The number of ether oxygens (including phenoxy) is 1. The van der Waals surface area contributed by atoms with Crippen LogP contribution in [0.5, 0.6) is 5.75 Å². The van der Waals surface area contributed by atoms with E-state index in [2.05, 4.69) is 33.4 Å². The molecule has 0 saturated heterocycles. The molecule has 0 amide bonds. The van der Waals surface area contributed by atoms with E-state index < -0.39 is 0 Å². The van der Waals surface area contributed by atoms with Crippen LogP contribution in [0.4, 0.5) is 0 Å². The molecule has 1 aliphatic rings. The van der Waals surface area contributed by atoms with Gasteiger partial charge in [0.2, 0.25) is 0 Å². The second kappa shape index (κ2) is 5.95. The number of rotatable bonds is 3. The summed E-state index contributed by atoms with van der Waals surface area (Å²) in [4.78, 5) is 9.19. The summed E-state index contributed by atoms with van der Waals surface area (Å²) in [5.41, 5.74) is 8.31. The molecular weight excluding hydrogens is 324 g/mol. The van der Waals surface area contributed by atoms with E-state index in [1.165, 1.54) is 17.5 Å². The number of aromatic amines is 1. The van der Waals surface area contributed by atoms with Crippen LogP contribution < -0.4 is 4.74 Å². The van der Waals surface area contributed by atoms with E-state index in [-0.39, 0.29) is 0 Å². The average Bonchev–Trinajstić information content (AvgIpc) is 3.34. The summed E-state index contributed by atoms with van der Waals surface area (Å²) < 4.78 is 5.66. The molecule has 1 aromatic carbocycles. The number of hydrogen-bond donors (Lipinski definition) is 1. The van der Waals surface area contributed by atoms with Crippen LogP contribution in [-0.4, -0.2) is 27.3 Å². The monoisotopic (exact) mass is 342 g/mol. The number of hydrogen-bond acceptors (Lipinski definition) is 4. The van der Waals surface area contributed by atoms with Crippen molar-refractivity contribution in [1.29, 1.82) is 0 Å². The van der Waals surface area contributed by atoms with Crippen molar-refractivity contribution >= 4 is 11.0 Å². The molecule has 0 spiro atoms. The van der Waals surface area contributed by atoms with Crippen LogP contribution in [0.1, 0.15) is 17.5 Å². The largest absolute Gasteiger partial charge is 0.494 e. The van der Waals surface area contributed by atoms with Gasteiger partial charge < -0.3 is 4.74 Å². The molecule has 0 atom stereocenters. The second-order valence-corrected chi connectivity index (χ2v) is 6.55. The highest BCUT2D eigenvalue weighted by Crippen LogP contribution is 2.38. The van der Waals surface area contributed by atoms with Gasteiger partial charge in [0, 0.05) is 29.6 Å². The predicted octanol–water partition coefficient (Wildman–Crippen LogP) is 4.18. The summed E-state index contributed by atoms with van der Waals surface area (Å²) in [5, 5.41) is 7.54. The Morgan fingerprint density at radius 1 is 1.08 bits per heavy atom. The Bertz CT molecular complexity index is 1100. The van der Waals surface area contributed by atoms with E-state index in [0.29, 0.717) is 0 Å². The Labute approximate surface area is 151 Å². The lowest BCUT2D eigenvalue weighted by molar-refractivity contribution is 0.415. The molecule has 5 rings (SSSR count). The van der Waals surface area contributed by atoms with Gasteiger partial charge >= 0.3 is 0 Å². The van der Waals surface area contributed by atoms with E-state index in [1.54, 1.807) is 19.5 Å². The Morgan fingerprint density at radius 3 is 2.88 bits per heavy atom. The third kappa shape index (κ3) is 2.28. The third-order valence-electron chi connectivity index (χ3n) is 5.06. The van der Waals surface area contributed by atoms with Crippen molar-refractivity contribution in [2.24, 2.45) is 0 Å². The SMILES string of the molecule is COc1cc2[nH]nc(-c3cccnc3)c2nc1-c1cccc2c1CCC2. The summed E-state index contributed by atoms with van der Waals surface area (Å²) in [6, 6.07) is 12.4. The fraction of sp³-hybridized carbons (Fsp3) is 0.190. The highest BCUT2D eigenvalue weighted by molar-refractivity contribution is 5.92. The zero-order valence-electron chi connectivity index (χ0n) is 14.5. The highest BCUT2D eigenvalue weighted by atomic mass is 16.5. The topological polar surface area (TPSA) is 63.7 Å². The van der Waals surface area contributed by atoms with Gasteiger partial charge in [-0.05, 0) is 42.5 Å². The highest BCUT2D eigenvalue weighted by Gasteiger charge is 2.21. The smallest absolute Gasteiger partial charge is 0.147 e. The maximum Gasteiger partial charge on any atom is 0.147 e. The number of aromatic nitrogens is 4. The van der Waals surface area contributed by atoms with Crippen LogP contribution in [0.15, 0.2) is 48.8 Å². The van der Waals surface area contributed by atoms with E-state index in [0.717, 1.165) is 52.1 Å². The number of nitrogens with one attached hydrogen (secondary N) is 1. The van der Waals surface area contributed by atoms with E-state index in [4.69, 9.17) is 9.72 Å². The number of H-pyrrole nitrogens is 1. The number of nitrogens with zero attached hydrogens (tertiary/aromatic N) is 3. The molecule has 0 aliphatic heterocycles. The zero-order chi connectivity index (χ0) is 17.5. The van der Waals surface area contributed by atoms with Gasteiger partial charge in [-0.15, -0.1) is 0 Å². The summed E-state index contributed by atoms with van der Waals surface area (Å²) in [6.07, 6.45) is 6.99. The lowest BCUT2D eigenvalue weighted by Gasteiger charge is -2.12. The molecule has 5 heteroatoms. The summed E-state index contributed by atoms with van der Waals surface area (Å²) in [6.45, 7) is 0. The standard InChI is InChI=1S/C21H18N4O/c1-26-18-11-17-21(19(25-24-17)14-7-4-10-22-12-14)23-20(18)16-9-3-6-13-5-2-8-15(13)16/h3-4,6-7,9-12H,2,5,8H2,1H3,(H,24,25). The van der Waals surface area contributed by atoms with Gasteiger partial charge in [0.1, 0.15) is 22.7 Å². The summed E-state index contributed by atoms with van der Waals surface area (Å²) >= 11 is 0. The Hall–Kier alpha value is -3.21. The second-order valence-electron chi connectivity index (χ2n) is 6.55. The van der Waals surface area contributed by atoms with Gasteiger partial charge in [-0.3, -0.25) is 10.1 Å². The molecule has 0 unspecified atom stereocenters. The number of aryl methyl sites for hydroxylation is 1.